The second-order valence-electron chi connectivity index (χ2n) is 7.99. The van der Waals surface area contributed by atoms with Gasteiger partial charge >= 0.3 is 4.87 Å². The number of anilines is 2. The van der Waals surface area contributed by atoms with E-state index in [-0.39, 0.29) is 17.3 Å². The number of benzene rings is 3. The van der Waals surface area contributed by atoms with Crippen LogP contribution < -0.4 is 14.5 Å². The Morgan fingerprint density at radius 2 is 1.76 bits per heavy atom. The third-order valence-electron chi connectivity index (χ3n) is 5.64. The fourth-order valence-corrected chi connectivity index (χ4v) is 5.64. The molecule has 0 spiro atoms. The molecule has 0 aliphatic rings. The lowest BCUT2D eigenvalue weighted by molar-refractivity contribution is 0.102. The lowest BCUT2D eigenvalue weighted by atomic mass is 10.1. The third-order valence-corrected chi connectivity index (χ3v) is 7.72. The van der Waals surface area contributed by atoms with Crippen LogP contribution in [0.1, 0.15) is 28.4 Å². The molecule has 1 N–H and O–H groups in total. The third kappa shape index (κ3) is 4.90. The van der Waals surface area contributed by atoms with E-state index in [1.807, 2.05) is 44.2 Å². The van der Waals surface area contributed by atoms with E-state index in [1.165, 1.54) is 10.6 Å². The molecule has 34 heavy (non-hydrogen) atoms. The number of rotatable bonds is 7. The lowest BCUT2D eigenvalue weighted by Crippen LogP contribution is -2.29. The average molecular weight is 496 g/mol. The van der Waals surface area contributed by atoms with Crippen molar-refractivity contribution in [1.29, 1.82) is 0 Å². The Morgan fingerprint density at radius 1 is 1.06 bits per heavy atom. The number of hydrogen-bond acceptors (Lipinski definition) is 5. The van der Waals surface area contributed by atoms with Gasteiger partial charge in [0, 0.05) is 17.8 Å². The number of thiazole rings is 1. The number of hydrogen-bond donors (Lipinski definition) is 1. The van der Waals surface area contributed by atoms with Crippen LogP contribution in [0.5, 0.6) is 0 Å². The van der Waals surface area contributed by atoms with Crippen molar-refractivity contribution < 1.29 is 13.2 Å². The molecule has 7 nitrogen and oxygen atoms in total. The maximum atomic E-state index is 12.8. The molecule has 0 saturated heterocycles. The van der Waals surface area contributed by atoms with Crippen molar-refractivity contribution in [1.82, 2.24) is 4.57 Å². The summed E-state index contributed by atoms with van der Waals surface area (Å²) in [7, 11) is -3.53. The van der Waals surface area contributed by atoms with Gasteiger partial charge < -0.3 is 5.32 Å². The van der Waals surface area contributed by atoms with Crippen LogP contribution in [0.15, 0.2) is 71.5 Å². The topological polar surface area (TPSA) is 88.5 Å². The van der Waals surface area contributed by atoms with Crippen LogP contribution in [0.2, 0.25) is 0 Å². The number of fused-ring (bicyclic) bond motifs is 1. The molecular formula is C25H25N3O4S2. The number of aromatic nitrogens is 1. The first-order chi connectivity index (χ1) is 16.2. The zero-order valence-electron chi connectivity index (χ0n) is 19.1. The summed E-state index contributed by atoms with van der Waals surface area (Å²) in [6.07, 6.45) is 1.17. The predicted molar refractivity (Wildman–Crippen MR) is 138 cm³/mol. The van der Waals surface area contributed by atoms with Crippen molar-refractivity contribution in [2.45, 2.75) is 26.9 Å². The first-order valence-corrected chi connectivity index (χ1v) is 13.4. The average Bonchev–Trinajstić information content (AvgIpc) is 3.12. The van der Waals surface area contributed by atoms with E-state index < -0.39 is 10.0 Å². The fourth-order valence-electron chi connectivity index (χ4n) is 3.77. The van der Waals surface area contributed by atoms with Crippen LogP contribution >= 0.6 is 11.3 Å². The van der Waals surface area contributed by atoms with Gasteiger partial charge in [0.25, 0.3) is 5.91 Å². The SMILES string of the molecule is CCn1c(=O)sc2cc(NC(=O)c3ccc(N(Cc4ccccc4C)S(C)(=O)=O)cc3)ccc21. The van der Waals surface area contributed by atoms with Gasteiger partial charge in [-0.25, -0.2) is 8.42 Å². The van der Waals surface area contributed by atoms with Gasteiger partial charge in [-0.15, -0.1) is 0 Å². The van der Waals surface area contributed by atoms with Crippen LogP contribution in [0, 0.1) is 6.92 Å². The van der Waals surface area contributed by atoms with Crippen LogP contribution in [0.4, 0.5) is 11.4 Å². The van der Waals surface area contributed by atoms with Crippen LogP contribution in [0.3, 0.4) is 0 Å². The molecular weight excluding hydrogens is 470 g/mol. The zero-order chi connectivity index (χ0) is 24.5. The maximum absolute atomic E-state index is 12.8. The number of carbonyl (C=O) groups excluding carboxylic acids is 1. The Hall–Kier alpha value is -3.43. The molecule has 0 atom stereocenters. The minimum Gasteiger partial charge on any atom is -0.322 e. The van der Waals surface area contributed by atoms with Crippen LogP contribution in [0.25, 0.3) is 10.2 Å². The molecule has 0 bridgehead atoms. The molecule has 3 aromatic carbocycles. The number of nitrogens with zero attached hydrogens (tertiary/aromatic N) is 2. The fraction of sp³-hybridized carbons (Fsp3) is 0.200. The first kappa shape index (κ1) is 23.7. The van der Waals surface area contributed by atoms with Crippen molar-refractivity contribution in [3.63, 3.8) is 0 Å². The molecule has 4 aromatic rings. The summed E-state index contributed by atoms with van der Waals surface area (Å²) < 4.78 is 28.8. The summed E-state index contributed by atoms with van der Waals surface area (Å²) in [6, 6.07) is 19.5. The minimum absolute atomic E-state index is 0.0299. The Labute approximate surface area is 202 Å². The van der Waals surface area contributed by atoms with Crippen molar-refractivity contribution >= 4 is 48.9 Å². The minimum atomic E-state index is -3.53. The highest BCUT2D eigenvalue weighted by Crippen LogP contribution is 2.24. The summed E-state index contributed by atoms with van der Waals surface area (Å²) in [5, 5.41) is 2.85. The van der Waals surface area contributed by atoms with Crippen molar-refractivity contribution in [2.24, 2.45) is 0 Å². The van der Waals surface area contributed by atoms with Crippen molar-refractivity contribution in [3.05, 3.63) is 93.1 Å². The first-order valence-electron chi connectivity index (χ1n) is 10.7. The van der Waals surface area contributed by atoms with Crippen molar-refractivity contribution in [2.75, 3.05) is 15.9 Å². The molecule has 0 unspecified atom stereocenters. The largest absolute Gasteiger partial charge is 0.322 e. The van der Waals surface area contributed by atoms with Gasteiger partial charge in [0.2, 0.25) is 10.0 Å². The van der Waals surface area contributed by atoms with Crippen LogP contribution in [-0.2, 0) is 23.1 Å². The second kappa shape index (κ2) is 9.44. The number of amides is 1. The second-order valence-corrected chi connectivity index (χ2v) is 10.9. The van der Waals surface area contributed by atoms with Gasteiger partial charge in [0.05, 0.1) is 28.7 Å². The molecule has 0 saturated carbocycles. The zero-order valence-corrected chi connectivity index (χ0v) is 20.7. The van der Waals surface area contributed by atoms with E-state index in [1.54, 1.807) is 41.0 Å². The maximum Gasteiger partial charge on any atom is 0.308 e. The highest BCUT2D eigenvalue weighted by atomic mass is 32.2. The number of aryl methyl sites for hydroxylation is 2. The van der Waals surface area contributed by atoms with Gasteiger partial charge in [-0.2, -0.15) is 0 Å². The molecule has 0 radical (unpaired) electrons. The molecule has 0 aliphatic carbocycles. The summed E-state index contributed by atoms with van der Waals surface area (Å²) in [5.74, 6) is -0.321. The molecule has 9 heteroatoms. The number of nitrogens with one attached hydrogen (secondary N) is 1. The lowest BCUT2D eigenvalue weighted by Gasteiger charge is -2.23. The summed E-state index contributed by atoms with van der Waals surface area (Å²) in [6.45, 7) is 4.65. The molecule has 1 heterocycles. The summed E-state index contributed by atoms with van der Waals surface area (Å²) >= 11 is 1.14. The predicted octanol–water partition coefficient (Wildman–Crippen LogP) is 4.61. The molecule has 1 amide bonds. The summed E-state index contributed by atoms with van der Waals surface area (Å²) in [4.78, 5) is 24.8. The number of sulfonamides is 1. The van der Waals surface area contributed by atoms with E-state index in [4.69, 9.17) is 0 Å². The van der Waals surface area contributed by atoms with Gasteiger partial charge in [-0.3, -0.25) is 18.5 Å². The van der Waals surface area contributed by atoms with Gasteiger partial charge in [0.1, 0.15) is 0 Å². The molecule has 0 aliphatic heterocycles. The number of carbonyl (C=O) groups is 1. The van der Waals surface area contributed by atoms with Crippen LogP contribution in [-0.4, -0.2) is 25.1 Å². The molecule has 4 rings (SSSR count). The standard InChI is InChI=1S/C25H25N3O4S2/c1-4-27-22-14-11-20(15-23(22)33-25(27)30)26-24(29)18-9-12-21(13-10-18)28(34(3,31)32)16-19-8-6-5-7-17(19)2/h5-15H,4,16H2,1-3H3,(H,26,29). The quantitative estimate of drug-likeness (QED) is 0.406. The normalized spacial score (nSPS) is 11.5. The van der Waals surface area contributed by atoms with E-state index in [2.05, 4.69) is 5.32 Å². The highest BCUT2D eigenvalue weighted by molar-refractivity contribution is 7.92. The Morgan fingerprint density at radius 3 is 2.41 bits per heavy atom. The monoisotopic (exact) mass is 495 g/mol. The van der Waals surface area contributed by atoms with E-state index in [0.717, 1.165) is 32.7 Å². The van der Waals surface area contributed by atoms with Gasteiger partial charge in [-0.05, 0) is 67.4 Å². The van der Waals surface area contributed by atoms with E-state index in [0.29, 0.717) is 23.5 Å². The highest BCUT2D eigenvalue weighted by Gasteiger charge is 2.19. The van der Waals surface area contributed by atoms with E-state index >= 15 is 0 Å². The van der Waals surface area contributed by atoms with Crippen molar-refractivity contribution in [3.8, 4) is 0 Å². The molecule has 0 fully saturated rings. The van der Waals surface area contributed by atoms with Gasteiger partial charge in [-0.1, -0.05) is 35.6 Å². The smallest absolute Gasteiger partial charge is 0.308 e. The van der Waals surface area contributed by atoms with E-state index in [9.17, 15) is 18.0 Å². The summed E-state index contributed by atoms with van der Waals surface area (Å²) in [5.41, 5.74) is 4.22. The molecule has 1 aromatic heterocycles. The molecule has 176 valence electrons. The Balaban J connectivity index is 1.55. The van der Waals surface area contributed by atoms with Gasteiger partial charge in [0.15, 0.2) is 0 Å². The Bertz CT molecular complexity index is 1520. The Kier molecular flexibility index (Phi) is 6.58.